The molecule has 0 spiro atoms. The fraction of sp³-hybridized carbons (Fsp3) is 0.357. The maximum Gasteiger partial charge on any atom is 0.241 e. The van der Waals surface area contributed by atoms with Crippen molar-refractivity contribution >= 4 is 37.3 Å². The number of nitrogens with one attached hydrogen (secondary N) is 1. The Morgan fingerprint density at radius 1 is 1.29 bits per heavy atom. The Kier molecular flexibility index (Phi) is 4.87. The second-order valence-electron chi connectivity index (χ2n) is 4.94. The maximum absolute atomic E-state index is 12.5. The number of halogens is 1. The molecule has 1 atom stereocenters. The van der Waals surface area contributed by atoms with Gasteiger partial charge in [-0.1, -0.05) is 15.9 Å². The van der Waals surface area contributed by atoms with Crippen LogP contribution in [0.15, 0.2) is 27.6 Å². The Morgan fingerprint density at radius 3 is 2.48 bits per heavy atom. The van der Waals surface area contributed by atoms with E-state index >= 15 is 0 Å². The molecule has 1 N–H and O–H groups in total. The van der Waals surface area contributed by atoms with Crippen LogP contribution in [0, 0.1) is 20.8 Å². The quantitative estimate of drug-likeness (QED) is 0.864. The number of aryl methyl sites for hydroxylation is 3. The third-order valence-corrected chi connectivity index (χ3v) is 6.79. The number of aromatic nitrogens is 1. The lowest BCUT2D eigenvalue weighted by molar-refractivity contribution is 0.568. The molecule has 0 aliphatic heterocycles. The highest BCUT2D eigenvalue weighted by Gasteiger charge is 2.21. The Bertz CT molecular complexity index is 769. The van der Waals surface area contributed by atoms with E-state index in [0.29, 0.717) is 0 Å². The predicted molar refractivity (Wildman–Crippen MR) is 89.2 cm³/mol. The van der Waals surface area contributed by atoms with Gasteiger partial charge in [0.1, 0.15) is 0 Å². The van der Waals surface area contributed by atoms with Gasteiger partial charge in [-0.2, -0.15) is 0 Å². The lowest BCUT2D eigenvalue weighted by Gasteiger charge is -2.14. The SMILES string of the molecule is Cc1nc(C)c(C(C)NS(=O)(=O)c2ccc(Br)c(C)c2)s1. The van der Waals surface area contributed by atoms with E-state index in [1.54, 1.807) is 18.2 Å². The topological polar surface area (TPSA) is 59.1 Å². The lowest BCUT2D eigenvalue weighted by Crippen LogP contribution is -2.26. The van der Waals surface area contributed by atoms with Crippen molar-refractivity contribution in [3.8, 4) is 0 Å². The number of nitrogens with zero attached hydrogens (tertiary/aromatic N) is 1. The summed E-state index contributed by atoms with van der Waals surface area (Å²) >= 11 is 4.89. The Labute approximate surface area is 137 Å². The van der Waals surface area contributed by atoms with Crippen LogP contribution in [-0.4, -0.2) is 13.4 Å². The van der Waals surface area contributed by atoms with Crippen LogP contribution >= 0.6 is 27.3 Å². The standard InChI is InChI=1S/C14H17BrN2O2S2/c1-8-7-12(5-6-13(8)15)21(18,19)17-10(3)14-9(2)16-11(4)20-14/h5-7,10,17H,1-4H3. The average Bonchev–Trinajstić information content (AvgIpc) is 2.71. The number of hydrogen-bond acceptors (Lipinski definition) is 4. The van der Waals surface area contributed by atoms with E-state index in [0.717, 1.165) is 25.6 Å². The van der Waals surface area contributed by atoms with Crippen LogP contribution in [0.1, 0.15) is 34.1 Å². The number of sulfonamides is 1. The molecule has 4 nitrogen and oxygen atoms in total. The van der Waals surface area contributed by atoms with Gasteiger partial charge < -0.3 is 0 Å². The summed E-state index contributed by atoms with van der Waals surface area (Å²) in [5, 5.41) is 0.938. The van der Waals surface area contributed by atoms with Crippen molar-refractivity contribution in [1.29, 1.82) is 0 Å². The van der Waals surface area contributed by atoms with E-state index in [2.05, 4.69) is 25.6 Å². The molecule has 0 saturated carbocycles. The zero-order chi connectivity index (χ0) is 15.8. The van der Waals surface area contributed by atoms with Crippen LogP contribution in [0.2, 0.25) is 0 Å². The number of rotatable bonds is 4. The summed E-state index contributed by atoms with van der Waals surface area (Å²) < 4.78 is 28.5. The normalized spacial score (nSPS) is 13.4. The minimum atomic E-state index is -3.55. The molecular formula is C14H17BrN2O2S2. The van der Waals surface area contributed by atoms with Gasteiger partial charge in [0.15, 0.2) is 0 Å². The first-order valence-corrected chi connectivity index (χ1v) is 9.52. The molecular weight excluding hydrogens is 372 g/mol. The molecule has 0 radical (unpaired) electrons. The summed E-state index contributed by atoms with van der Waals surface area (Å²) in [6.07, 6.45) is 0. The highest BCUT2D eigenvalue weighted by molar-refractivity contribution is 9.10. The predicted octanol–water partition coefficient (Wildman–Crippen LogP) is 3.87. The monoisotopic (exact) mass is 388 g/mol. The highest BCUT2D eigenvalue weighted by atomic mass is 79.9. The van der Waals surface area contributed by atoms with Crippen molar-refractivity contribution in [3.05, 3.63) is 43.8 Å². The van der Waals surface area contributed by atoms with Gasteiger partial charge in [0.25, 0.3) is 0 Å². The molecule has 21 heavy (non-hydrogen) atoms. The first-order valence-electron chi connectivity index (χ1n) is 6.43. The van der Waals surface area contributed by atoms with Gasteiger partial charge in [-0.3, -0.25) is 0 Å². The van der Waals surface area contributed by atoms with Crippen molar-refractivity contribution in [1.82, 2.24) is 9.71 Å². The third kappa shape index (κ3) is 3.71. The fourth-order valence-corrected chi connectivity index (χ4v) is 4.64. The molecule has 114 valence electrons. The third-order valence-electron chi connectivity index (χ3n) is 3.10. The van der Waals surface area contributed by atoms with Gasteiger partial charge in [-0.25, -0.2) is 18.1 Å². The molecule has 1 heterocycles. The van der Waals surface area contributed by atoms with Crippen LogP contribution < -0.4 is 4.72 Å². The Morgan fingerprint density at radius 2 is 1.95 bits per heavy atom. The molecule has 2 aromatic rings. The summed E-state index contributed by atoms with van der Waals surface area (Å²) in [4.78, 5) is 5.56. The van der Waals surface area contributed by atoms with Crippen LogP contribution in [0.4, 0.5) is 0 Å². The Hall–Kier alpha value is -0.760. The molecule has 2 rings (SSSR count). The number of hydrogen-bond donors (Lipinski definition) is 1. The summed E-state index contributed by atoms with van der Waals surface area (Å²) in [7, 11) is -3.55. The molecule has 1 aromatic heterocycles. The summed E-state index contributed by atoms with van der Waals surface area (Å²) in [5.74, 6) is 0. The largest absolute Gasteiger partial charge is 0.247 e. The van der Waals surface area contributed by atoms with Crippen LogP contribution in [0.5, 0.6) is 0 Å². The molecule has 0 fully saturated rings. The summed E-state index contributed by atoms with van der Waals surface area (Å²) in [6.45, 7) is 7.51. The average molecular weight is 389 g/mol. The second-order valence-corrected chi connectivity index (χ2v) is 8.74. The van der Waals surface area contributed by atoms with Crippen LogP contribution in [0.3, 0.4) is 0 Å². The molecule has 1 aromatic carbocycles. The van der Waals surface area contributed by atoms with Crippen molar-refractivity contribution in [2.45, 2.75) is 38.6 Å². The van der Waals surface area contributed by atoms with E-state index in [1.165, 1.54) is 11.3 Å². The van der Waals surface area contributed by atoms with E-state index in [4.69, 9.17) is 0 Å². The smallest absolute Gasteiger partial charge is 0.241 e. The molecule has 7 heteroatoms. The molecule has 0 saturated heterocycles. The molecule has 1 unspecified atom stereocenters. The summed E-state index contributed by atoms with van der Waals surface area (Å²) in [6, 6.07) is 4.70. The van der Waals surface area contributed by atoms with Crippen molar-refractivity contribution < 1.29 is 8.42 Å². The first-order chi connectivity index (χ1) is 9.70. The van der Waals surface area contributed by atoms with Gasteiger partial charge >= 0.3 is 0 Å². The molecule has 0 aliphatic carbocycles. The van der Waals surface area contributed by atoms with Gasteiger partial charge in [0, 0.05) is 9.35 Å². The van der Waals surface area contributed by atoms with Gasteiger partial charge in [-0.15, -0.1) is 11.3 Å². The minimum absolute atomic E-state index is 0.272. The van der Waals surface area contributed by atoms with Crippen molar-refractivity contribution in [2.24, 2.45) is 0 Å². The highest BCUT2D eigenvalue weighted by Crippen LogP contribution is 2.26. The van der Waals surface area contributed by atoms with E-state index in [1.807, 2.05) is 27.7 Å². The van der Waals surface area contributed by atoms with Gasteiger partial charge in [0.2, 0.25) is 10.0 Å². The Balaban J connectivity index is 2.28. The van der Waals surface area contributed by atoms with E-state index < -0.39 is 10.0 Å². The van der Waals surface area contributed by atoms with Crippen LogP contribution in [-0.2, 0) is 10.0 Å². The van der Waals surface area contributed by atoms with Crippen LogP contribution in [0.25, 0.3) is 0 Å². The van der Waals surface area contributed by atoms with Gasteiger partial charge in [-0.05, 0) is 51.5 Å². The zero-order valence-electron chi connectivity index (χ0n) is 12.3. The number of thiazole rings is 1. The molecule has 0 bridgehead atoms. The first kappa shape index (κ1) is 16.6. The number of benzene rings is 1. The van der Waals surface area contributed by atoms with Gasteiger partial charge in [0.05, 0.1) is 21.6 Å². The minimum Gasteiger partial charge on any atom is -0.247 e. The maximum atomic E-state index is 12.5. The molecule has 0 aliphatic rings. The van der Waals surface area contributed by atoms with E-state index in [9.17, 15) is 8.42 Å². The van der Waals surface area contributed by atoms with Crippen molar-refractivity contribution in [3.63, 3.8) is 0 Å². The fourth-order valence-electron chi connectivity index (χ4n) is 2.09. The zero-order valence-corrected chi connectivity index (χ0v) is 15.5. The van der Waals surface area contributed by atoms with E-state index in [-0.39, 0.29) is 10.9 Å². The van der Waals surface area contributed by atoms with Crippen molar-refractivity contribution in [2.75, 3.05) is 0 Å². The lowest BCUT2D eigenvalue weighted by atomic mass is 10.2. The second kappa shape index (κ2) is 6.16. The molecule has 0 amide bonds. The summed E-state index contributed by atoms with van der Waals surface area (Å²) in [5.41, 5.74) is 1.76.